The first-order valence-corrected chi connectivity index (χ1v) is 12.3. The molecule has 1 amide bonds. The van der Waals surface area contributed by atoms with Gasteiger partial charge in [-0.2, -0.15) is 4.31 Å². The molecule has 1 aromatic heterocycles. The van der Waals surface area contributed by atoms with E-state index in [1.54, 1.807) is 25.1 Å². The molecule has 0 unspecified atom stereocenters. The molecule has 1 aliphatic rings. The van der Waals surface area contributed by atoms with Crippen LogP contribution in [-0.4, -0.2) is 43.4 Å². The van der Waals surface area contributed by atoms with E-state index in [1.807, 2.05) is 0 Å². The van der Waals surface area contributed by atoms with Gasteiger partial charge in [0.05, 0.1) is 0 Å². The zero-order valence-corrected chi connectivity index (χ0v) is 19.5. The van der Waals surface area contributed by atoms with Gasteiger partial charge in [0.15, 0.2) is 10.7 Å². The summed E-state index contributed by atoms with van der Waals surface area (Å²) in [6, 6.07) is 6.18. The van der Waals surface area contributed by atoms with Crippen LogP contribution < -0.4 is 5.32 Å². The number of carbonyl (C=O) groups excluding carboxylic acids is 1. The van der Waals surface area contributed by atoms with E-state index in [9.17, 15) is 17.6 Å². The molecule has 32 heavy (non-hydrogen) atoms. The third-order valence-corrected chi connectivity index (χ3v) is 7.65. The minimum atomic E-state index is -3.87. The number of rotatable bonds is 8. The Morgan fingerprint density at radius 1 is 1.28 bits per heavy atom. The van der Waals surface area contributed by atoms with Gasteiger partial charge < -0.3 is 9.84 Å². The Hall–Kier alpha value is -2.52. The third-order valence-electron chi connectivity index (χ3n) is 5.60. The number of sulfonamides is 1. The van der Waals surface area contributed by atoms with Gasteiger partial charge in [0.2, 0.25) is 15.9 Å². The number of hydrogen-bond donors (Lipinski definition) is 1. The molecule has 7 nitrogen and oxygen atoms in total. The van der Waals surface area contributed by atoms with E-state index in [1.165, 1.54) is 22.5 Å². The molecule has 0 aliphatic carbocycles. The number of amides is 1. The number of hydrogen-bond acceptors (Lipinski definition) is 5. The lowest BCUT2D eigenvalue weighted by Crippen LogP contribution is -2.43. The molecule has 0 atom stereocenters. The summed E-state index contributed by atoms with van der Waals surface area (Å²) in [5, 5.41) is 6.76. The van der Waals surface area contributed by atoms with Crippen molar-refractivity contribution in [2.24, 2.45) is 11.8 Å². The molecule has 1 aromatic carbocycles. The summed E-state index contributed by atoms with van der Waals surface area (Å²) >= 11 is 0. The summed E-state index contributed by atoms with van der Waals surface area (Å²) < 4.78 is 47.1. The highest BCUT2D eigenvalue weighted by Crippen LogP contribution is 2.29. The fourth-order valence-electron chi connectivity index (χ4n) is 3.69. The van der Waals surface area contributed by atoms with Crippen LogP contribution in [-0.2, 0) is 14.8 Å². The molecule has 2 aromatic rings. The maximum atomic E-state index is 13.9. The summed E-state index contributed by atoms with van der Waals surface area (Å²) in [5.41, 5.74) is 0.556. The van der Waals surface area contributed by atoms with Crippen LogP contribution in [0.5, 0.6) is 0 Å². The molecule has 3 rings (SSSR count). The van der Waals surface area contributed by atoms with Crippen molar-refractivity contribution in [2.45, 2.75) is 44.9 Å². The molecule has 1 N–H and O–H groups in total. The van der Waals surface area contributed by atoms with Gasteiger partial charge in [0.1, 0.15) is 11.5 Å². The molecule has 0 spiro atoms. The van der Waals surface area contributed by atoms with Crippen LogP contribution in [0.4, 0.5) is 4.39 Å². The topological polar surface area (TPSA) is 92.5 Å². The molecule has 9 heteroatoms. The van der Waals surface area contributed by atoms with Crippen LogP contribution in [0.2, 0.25) is 0 Å². The van der Waals surface area contributed by atoms with Crippen LogP contribution >= 0.6 is 0 Å². The maximum Gasteiger partial charge on any atom is 0.248 e. The molecular formula is C23H30FN3O4S. The lowest BCUT2D eigenvalue weighted by Gasteiger charge is -2.30. The molecule has 0 bridgehead atoms. The van der Waals surface area contributed by atoms with E-state index < -0.39 is 15.8 Å². The van der Waals surface area contributed by atoms with Crippen LogP contribution in [0.25, 0.3) is 12.2 Å². The SMILES string of the molecule is Cc1noc(C=Cc2ccccc2F)c1S(=O)(=O)N1CCC(C(=O)NCCC(C)C)CC1. The first-order chi connectivity index (χ1) is 15.2. The van der Waals surface area contributed by atoms with Crippen LogP contribution in [0, 0.1) is 24.6 Å². The van der Waals surface area contributed by atoms with E-state index >= 15 is 0 Å². The Bertz CT molecular complexity index is 1070. The van der Waals surface area contributed by atoms with Crippen LogP contribution in [0.1, 0.15) is 50.1 Å². The average Bonchev–Trinajstić information content (AvgIpc) is 3.14. The Labute approximate surface area is 188 Å². The number of piperidine rings is 1. The number of halogens is 1. The predicted molar refractivity (Wildman–Crippen MR) is 121 cm³/mol. The van der Waals surface area contributed by atoms with Gasteiger partial charge in [-0.15, -0.1) is 0 Å². The highest BCUT2D eigenvalue weighted by molar-refractivity contribution is 7.89. The monoisotopic (exact) mass is 463 g/mol. The van der Waals surface area contributed by atoms with Crippen molar-refractivity contribution in [2.75, 3.05) is 19.6 Å². The van der Waals surface area contributed by atoms with Gasteiger partial charge >= 0.3 is 0 Å². The van der Waals surface area contributed by atoms with Crippen molar-refractivity contribution in [3.8, 4) is 0 Å². The second-order valence-electron chi connectivity index (χ2n) is 8.47. The smallest absolute Gasteiger partial charge is 0.248 e. The van der Waals surface area contributed by atoms with Gasteiger partial charge in [-0.25, -0.2) is 12.8 Å². The van der Waals surface area contributed by atoms with Crippen molar-refractivity contribution < 1.29 is 22.1 Å². The zero-order valence-electron chi connectivity index (χ0n) is 18.7. The van der Waals surface area contributed by atoms with E-state index in [0.29, 0.717) is 30.9 Å². The third kappa shape index (κ3) is 5.63. The predicted octanol–water partition coefficient (Wildman–Crippen LogP) is 3.86. The number of aromatic nitrogens is 1. The summed E-state index contributed by atoms with van der Waals surface area (Å²) in [6.07, 6.45) is 4.70. The maximum absolute atomic E-state index is 13.9. The summed E-state index contributed by atoms with van der Waals surface area (Å²) in [4.78, 5) is 12.4. The van der Waals surface area contributed by atoms with Crippen LogP contribution in [0.15, 0.2) is 33.7 Å². The van der Waals surface area contributed by atoms with Gasteiger partial charge in [0.25, 0.3) is 0 Å². The molecule has 0 radical (unpaired) electrons. The minimum absolute atomic E-state index is 0.0163. The minimum Gasteiger partial charge on any atom is -0.356 e. The van der Waals surface area contributed by atoms with Gasteiger partial charge in [0, 0.05) is 31.1 Å². The molecule has 1 fully saturated rings. The number of carbonyl (C=O) groups is 1. The van der Waals surface area contributed by atoms with Gasteiger partial charge in [-0.1, -0.05) is 37.2 Å². The largest absolute Gasteiger partial charge is 0.356 e. The van der Waals surface area contributed by atoms with Crippen LogP contribution in [0.3, 0.4) is 0 Å². The Morgan fingerprint density at radius 2 is 1.97 bits per heavy atom. The zero-order chi connectivity index (χ0) is 23.3. The summed E-state index contributed by atoms with van der Waals surface area (Å²) in [5.74, 6) is -0.0665. The van der Waals surface area contributed by atoms with E-state index in [2.05, 4.69) is 24.3 Å². The first-order valence-electron chi connectivity index (χ1n) is 10.9. The lowest BCUT2D eigenvalue weighted by atomic mass is 9.97. The van der Waals surface area contributed by atoms with E-state index in [-0.39, 0.29) is 41.3 Å². The standard InChI is InChI=1S/C23H30FN3O4S/c1-16(2)10-13-25-23(28)19-11-14-27(15-12-19)32(29,30)22-17(3)26-31-21(22)9-8-18-6-4-5-7-20(18)24/h4-9,16,19H,10-15H2,1-3H3,(H,25,28). The number of nitrogens with one attached hydrogen (secondary N) is 1. The highest BCUT2D eigenvalue weighted by atomic mass is 32.2. The Morgan fingerprint density at radius 3 is 2.62 bits per heavy atom. The molecule has 0 saturated carbocycles. The van der Waals surface area contributed by atoms with Crippen molar-refractivity contribution in [3.63, 3.8) is 0 Å². The van der Waals surface area contributed by atoms with E-state index in [4.69, 9.17) is 4.52 Å². The van der Waals surface area contributed by atoms with Gasteiger partial charge in [-0.05, 0) is 50.3 Å². The van der Waals surface area contributed by atoms with Crippen molar-refractivity contribution in [3.05, 3.63) is 47.1 Å². The molecule has 1 aliphatic heterocycles. The summed E-state index contributed by atoms with van der Waals surface area (Å²) in [7, 11) is -3.87. The number of nitrogens with zero attached hydrogens (tertiary/aromatic N) is 2. The fourth-order valence-corrected chi connectivity index (χ4v) is 5.41. The quantitative estimate of drug-likeness (QED) is 0.642. The average molecular weight is 464 g/mol. The normalized spacial score (nSPS) is 16.2. The number of benzene rings is 1. The highest BCUT2D eigenvalue weighted by Gasteiger charge is 2.35. The van der Waals surface area contributed by atoms with Crippen molar-refractivity contribution in [1.29, 1.82) is 0 Å². The second kappa shape index (κ2) is 10.4. The molecular weight excluding hydrogens is 433 g/mol. The fraction of sp³-hybridized carbons (Fsp3) is 0.478. The van der Waals surface area contributed by atoms with Gasteiger partial charge in [-0.3, -0.25) is 4.79 Å². The lowest BCUT2D eigenvalue weighted by molar-refractivity contribution is -0.126. The molecule has 174 valence electrons. The second-order valence-corrected chi connectivity index (χ2v) is 10.3. The first kappa shape index (κ1) is 24.1. The molecule has 2 heterocycles. The van der Waals surface area contributed by atoms with E-state index in [0.717, 1.165) is 6.42 Å². The Balaban J connectivity index is 1.70. The van der Waals surface area contributed by atoms with Crippen molar-refractivity contribution in [1.82, 2.24) is 14.8 Å². The summed E-state index contributed by atoms with van der Waals surface area (Å²) in [6.45, 7) is 6.87. The Kier molecular flexibility index (Phi) is 7.84. The van der Waals surface area contributed by atoms with Crippen molar-refractivity contribution >= 4 is 28.1 Å². The number of aryl methyl sites for hydroxylation is 1. The molecule has 1 saturated heterocycles.